The molecule has 32 heavy (non-hydrogen) atoms. The van der Waals surface area contributed by atoms with Crippen molar-refractivity contribution in [2.24, 2.45) is 51.2 Å². The van der Waals surface area contributed by atoms with Crippen molar-refractivity contribution in [3.63, 3.8) is 0 Å². The summed E-state index contributed by atoms with van der Waals surface area (Å²) < 4.78 is 6.46. The molecule has 0 radical (unpaired) electrons. The SMILES string of the molecule is CC(C)C(C)/C=C/[C@@H](C)[C@H]1CCC2C34CC3(CC[C@@]21C)[C@@]1(C)CC[C@H](O)C[C@]12O[C@@H]2[C@@H]4O. The Morgan fingerprint density at radius 1 is 0.938 bits per heavy atom. The van der Waals surface area contributed by atoms with Gasteiger partial charge in [0.1, 0.15) is 11.7 Å². The molecule has 5 aliphatic carbocycles. The topological polar surface area (TPSA) is 53.0 Å². The molecule has 1 saturated heterocycles. The summed E-state index contributed by atoms with van der Waals surface area (Å²) in [4.78, 5) is 0. The van der Waals surface area contributed by atoms with Crippen molar-refractivity contribution in [2.45, 2.75) is 117 Å². The van der Waals surface area contributed by atoms with Crippen molar-refractivity contribution in [3.8, 4) is 0 Å². The fraction of sp³-hybridized carbons (Fsp3) is 0.931. The van der Waals surface area contributed by atoms with Crippen LogP contribution in [0.25, 0.3) is 0 Å². The van der Waals surface area contributed by atoms with Crippen LogP contribution in [-0.4, -0.2) is 34.1 Å². The van der Waals surface area contributed by atoms with Crippen LogP contribution in [0.2, 0.25) is 0 Å². The Morgan fingerprint density at radius 3 is 2.41 bits per heavy atom. The van der Waals surface area contributed by atoms with E-state index in [0.29, 0.717) is 29.1 Å². The van der Waals surface area contributed by atoms with Crippen LogP contribution in [-0.2, 0) is 4.74 Å². The zero-order valence-corrected chi connectivity index (χ0v) is 21.2. The maximum absolute atomic E-state index is 11.8. The first-order valence-electron chi connectivity index (χ1n) is 13.7. The molecule has 0 aromatic rings. The molecule has 180 valence electrons. The second-order valence-electron chi connectivity index (χ2n) is 14.0. The number of aliphatic hydroxyl groups excluding tert-OH is 2. The van der Waals surface area contributed by atoms with Gasteiger partial charge >= 0.3 is 0 Å². The van der Waals surface area contributed by atoms with E-state index in [9.17, 15) is 10.2 Å². The summed E-state index contributed by atoms with van der Waals surface area (Å²) in [6.07, 6.45) is 13.4. The highest BCUT2D eigenvalue weighted by Gasteiger charge is 2.94. The molecule has 0 aromatic carbocycles. The van der Waals surface area contributed by atoms with Crippen molar-refractivity contribution in [1.82, 2.24) is 0 Å². The molecule has 5 saturated carbocycles. The average Bonchev–Trinajstić information content (AvgIpc) is 3.61. The molecule has 0 bridgehead atoms. The minimum Gasteiger partial charge on any atom is -0.393 e. The summed E-state index contributed by atoms with van der Waals surface area (Å²) in [5, 5.41) is 22.3. The molecule has 12 atom stereocenters. The normalized spacial score (nSPS) is 59.6. The van der Waals surface area contributed by atoms with E-state index in [4.69, 9.17) is 4.74 Å². The smallest absolute Gasteiger partial charge is 0.114 e. The van der Waals surface area contributed by atoms with Crippen molar-refractivity contribution >= 4 is 0 Å². The summed E-state index contributed by atoms with van der Waals surface area (Å²) in [7, 11) is 0. The lowest BCUT2D eigenvalue weighted by molar-refractivity contribution is -0.150. The van der Waals surface area contributed by atoms with Crippen LogP contribution in [0.4, 0.5) is 0 Å². The Balaban J connectivity index is 1.32. The summed E-state index contributed by atoms with van der Waals surface area (Å²) in [5.74, 6) is 3.26. The van der Waals surface area contributed by atoms with Gasteiger partial charge in [0.15, 0.2) is 0 Å². The van der Waals surface area contributed by atoms with E-state index >= 15 is 0 Å². The highest BCUT2D eigenvalue weighted by molar-refractivity contribution is 5.42. The Labute approximate surface area is 195 Å². The number of allylic oxidation sites excluding steroid dienone is 2. The molecule has 6 fully saturated rings. The molecule has 2 N–H and O–H groups in total. The molecule has 1 heterocycles. The molecule has 0 amide bonds. The Morgan fingerprint density at radius 2 is 1.69 bits per heavy atom. The van der Waals surface area contributed by atoms with Gasteiger partial charge in [-0.1, -0.05) is 53.7 Å². The van der Waals surface area contributed by atoms with Gasteiger partial charge in [0.2, 0.25) is 0 Å². The molecular weight excluding hydrogens is 396 g/mol. The first kappa shape index (κ1) is 22.1. The van der Waals surface area contributed by atoms with Gasteiger partial charge in [-0.25, -0.2) is 0 Å². The number of aliphatic hydroxyl groups is 2. The number of rotatable bonds is 4. The van der Waals surface area contributed by atoms with Crippen LogP contribution >= 0.6 is 0 Å². The number of hydrogen-bond acceptors (Lipinski definition) is 3. The minimum atomic E-state index is -0.337. The summed E-state index contributed by atoms with van der Waals surface area (Å²) in [5.41, 5.74) is 0.493. The average molecular weight is 443 g/mol. The molecule has 3 heteroatoms. The standard InChI is InChI=1S/C29H46O3/c1-17(2)18(3)7-8-19(4)21-9-10-22-25(21,5)13-14-27-16-28(22,27)23(31)24-29(32-24)15-20(30)11-12-26(27,29)6/h7-8,17-24,30-31H,9-16H2,1-6H3/b8-7+/t18?,19-,20+,21-,22?,23+,24-,25-,26-,27?,28?,29-/m1/s1. The molecule has 1 spiro atoms. The third-order valence-electron chi connectivity index (χ3n) is 12.9. The van der Waals surface area contributed by atoms with Gasteiger partial charge in [-0.05, 0) is 85.4 Å². The Hall–Kier alpha value is -0.380. The predicted octanol–water partition coefficient (Wildman–Crippen LogP) is 5.74. The number of ether oxygens (including phenoxy) is 1. The van der Waals surface area contributed by atoms with Crippen molar-refractivity contribution in [2.75, 3.05) is 0 Å². The lowest BCUT2D eigenvalue weighted by atomic mass is 9.43. The van der Waals surface area contributed by atoms with Gasteiger partial charge in [-0.15, -0.1) is 0 Å². The second-order valence-corrected chi connectivity index (χ2v) is 14.0. The van der Waals surface area contributed by atoms with E-state index in [1.807, 2.05) is 0 Å². The van der Waals surface area contributed by atoms with Crippen LogP contribution in [0.3, 0.4) is 0 Å². The first-order chi connectivity index (χ1) is 15.0. The van der Waals surface area contributed by atoms with Crippen molar-refractivity contribution in [1.29, 1.82) is 0 Å². The van der Waals surface area contributed by atoms with Gasteiger partial charge < -0.3 is 14.9 Å². The van der Waals surface area contributed by atoms with Gasteiger partial charge in [-0.3, -0.25) is 0 Å². The second kappa shape index (κ2) is 6.43. The van der Waals surface area contributed by atoms with E-state index in [-0.39, 0.29) is 40.2 Å². The van der Waals surface area contributed by atoms with E-state index in [1.165, 1.54) is 32.1 Å². The highest BCUT2D eigenvalue weighted by Crippen LogP contribution is 2.93. The van der Waals surface area contributed by atoms with Crippen molar-refractivity contribution in [3.05, 3.63) is 12.2 Å². The molecule has 4 unspecified atom stereocenters. The Kier molecular flexibility index (Phi) is 4.44. The van der Waals surface area contributed by atoms with Crippen LogP contribution in [0.5, 0.6) is 0 Å². The molecule has 6 rings (SSSR count). The monoisotopic (exact) mass is 442 g/mol. The molecule has 1 aliphatic heterocycles. The minimum absolute atomic E-state index is 0.0383. The number of hydrogen-bond donors (Lipinski definition) is 2. The largest absolute Gasteiger partial charge is 0.393 e. The fourth-order valence-corrected chi connectivity index (χ4v) is 10.7. The molecule has 3 nitrogen and oxygen atoms in total. The number of fused-ring (bicyclic) bond motifs is 1. The number of epoxide rings is 1. The van der Waals surface area contributed by atoms with E-state index in [0.717, 1.165) is 25.2 Å². The quantitative estimate of drug-likeness (QED) is 0.431. The third kappa shape index (κ3) is 2.26. The van der Waals surface area contributed by atoms with Crippen LogP contribution in [0.15, 0.2) is 12.2 Å². The fourth-order valence-electron chi connectivity index (χ4n) is 10.7. The van der Waals surface area contributed by atoms with E-state index < -0.39 is 0 Å². The lowest BCUT2D eigenvalue weighted by Gasteiger charge is -2.60. The third-order valence-corrected chi connectivity index (χ3v) is 12.9. The molecular formula is C29H46O3. The van der Waals surface area contributed by atoms with Gasteiger partial charge in [0.25, 0.3) is 0 Å². The van der Waals surface area contributed by atoms with Crippen LogP contribution < -0.4 is 0 Å². The van der Waals surface area contributed by atoms with Gasteiger partial charge in [-0.2, -0.15) is 0 Å². The van der Waals surface area contributed by atoms with E-state index in [1.54, 1.807) is 0 Å². The highest BCUT2D eigenvalue weighted by atomic mass is 16.6. The maximum Gasteiger partial charge on any atom is 0.114 e. The lowest BCUT2D eigenvalue weighted by Crippen LogP contribution is -2.63. The van der Waals surface area contributed by atoms with E-state index in [2.05, 4.69) is 53.7 Å². The van der Waals surface area contributed by atoms with Crippen LogP contribution in [0, 0.1) is 51.2 Å². The molecule has 0 aromatic heterocycles. The predicted molar refractivity (Wildman–Crippen MR) is 127 cm³/mol. The van der Waals surface area contributed by atoms with Crippen molar-refractivity contribution < 1.29 is 14.9 Å². The summed E-state index contributed by atoms with van der Waals surface area (Å²) in [6.45, 7) is 14.5. The summed E-state index contributed by atoms with van der Waals surface area (Å²) in [6, 6.07) is 0. The first-order valence-corrected chi connectivity index (χ1v) is 13.7. The Bertz CT molecular complexity index is 836. The van der Waals surface area contributed by atoms with Gasteiger partial charge in [0.05, 0.1) is 12.2 Å². The molecule has 6 aliphatic rings. The zero-order chi connectivity index (χ0) is 22.9. The summed E-state index contributed by atoms with van der Waals surface area (Å²) >= 11 is 0. The van der Waals surface area contributed by atoms with Crippen LogP contribution in [0.1, 0.15) is 92.9 Å². The van der Waals surface area contributed by atoms with Gasteiger partial charge in [0, 0.05) is 17.3 Å². The maximum atomic E-state index is 11.8. The zero-order valence-electron chi connectivity index (χ0n) is 21.2.